The van der Waals surface area contributed by atoms with Gasteiger partial charge in [-0.1, -0.05) is 122 Å². The van der Waals surface area contributed by atoms with Gasteiger partial charge < -0.3 is 43.0 Å². The van der Waals surface area contributed by atoms with Gasteiger partial charge in [-0.3, -0.25) is 19.2 Å². The quantitative estimate of drug-likeness (QED) is 0.0560. The van der Waals surface area contributed by atoms with Crippen LogP contribution in [-0.2, 0) is 51.7 Å². The number of esters is 4. The van der Waals surface area contributed by atoms with E-state index >= 15 is 9.59 Å². The molecule has 0 aromatic heterocycles. The Morgan fingerprint density at radius 3 is 1.86 bits per heavy atom. The van der Waals surface area contributed by atoms with Gasteiger partial charge in [-0.05, 0) is 91.1 Å². The number of fused-ring (bicyclic) bond motifs is 5. The Labute approximate surface area is 450 Å². The number of nitrogens with one attached hydrogen (secondary N) is 1. The maximum atomic E-state index is 16.6. The molecule has 1 amide bonds. The van der Waals surface area contributed by atoms with Crippen molar-refractivity contribution in [3.63, 3.8) is 0 Å². The molecule has 17 heteroatoms. The highest BCUT2D eigenvalue weighted by atomic mass is 28.4. The van der Waals surface area contributed by atoms with Crippen LogP contribution in [0.5, 0.6) is 0 Å². The lowest BCUT2D eigenvalue weighted by molar-refractivity contribution is -0.344. The average molecular weight is 1080 g/mol. The zero-order valence-corrected chi connectivity index (χ0v) is 48.8. The fraction of sp³-hybridized carbons (Fsp3) is 0.559. The van der Waals surface area contributed by atoms with Crippen molar-refractivity contribution in [1.29, 1.82) is 0 Å². The van der Waals surface area contributed by atoms with Gasteiger partial charge in [0.05, 0.1) is 35.6 Å². The second kappa shape index (κ2) is 21.8. The number of aliphatic hydroxyl groups is 1. The SMILES string of the molecule is CC[Si](CC)(CC)O[C@H]1CC2OC[C@@]2(OC(C)=O)[C@H]2[C@H](OC(=O)c3ccccc3)[C@]3(O)C[C@H](OC(=O)[C@H](O[Si](C)(C)C(C)(C)C)[C@@H](NC(=O)c4ccccc4)c4ccccc4)C(C)=C([C@@H](OC(C)=O)C(=O)[C@]12C)C3(C)C. The second-order valence-corrected chi connectivity index (χ2v) is 33.0. The Hall–Kier alpha value is -5.31. The lowest BCUT2D eigenvalue weighted by Crippen LogP contribution is -2.82. The molecule has 4 aliphatic rings. The minimum Gasteiger partial charge on any atom is -0.456 e. The van der Waals surface area contributed by atoms with Gasteiger partial charge in [0.1, 0.15) is 23.9 Å². The van der Waals surface area contributed by atoms with E-state index in [0.717, 1.165) is 0 Å². The van der Waals surface area contributed by atoms with Crippen LogP contribution in [0, 0.1) is 16.7 Å². The van der Waals surface area contributed by atoms with Crippen LogP contribution in [-0.4, -0.2) is 112 Å². The molecule has 0 radical (unpaired) electrons. The summed E-state index contributed by atoms with van der Waals surface area (Å²) in [6.07, 6.45) is -8.56. The van der Waals surface area contributed by atoms with Crippen molar-refractivity contribution in [2.75, 3.05) is 6.61 Å². The molecule has 1 saturated heterocycles. The van der Waals surface area contributed by atoms with Gasteiger partial charge in [-0.25, -0.2) is 9.59 Å². The number of hydrogen-bond donors (Lipinski definition) is 2. The highest BCUT2D eigenvalue weighted by molar-refractivity contribution is 6.74. The summed E-state index contributed by atoms with van der Waals surface area (Å²) >= 11 is 0. The Morgan fingerprint density at radius 2 is 1.36 bits per heavy atom. The molecule has 15 nitrogen and oxygen atoms in total. The van der Waals surface area contributed by atoms with Crippen LogP contribution < -0.4 is 5.32 Å². The minimum absolute atomic E-state index is 0.0893. The summed E-state index contributed by atoms with van der Waals surface area (Å²) in [5.74, 6) is -5.77. The van der Waals surface area contributed by atoms with Crippen LogP contribution in [0.1, 0.15) is 128 Å². The Bertz CT molecular complexity index is 2680. The standard InChI is InChI=1S/C59H79NO14Si2/c1-15-76(16-2,17-3)73-43-33-44-58(35-68-44,72-38(6)62)49-51(71-53(65)41-31-25-20-26-32-41)59(67)34-42(36(4)45(56(59,10)11)47(69-37(5)61)50(63)57(43,49)12)70-54(66)48(74-75(13,14)55(7,8)9)46(39-27-21-18-22-28-39)60-52(64)40-29-23-19-24-30-40/h18-32,42-44,46-49,51,67H,15-17,33-35H2,1-14H3,(H,60,64)/t42-,43-,44?,46-,47+,48+,49-,51-,57+,58-,59+/m0/s1. The first-order chi connectivity index (χ1) is 35.6. The van der Waals surface area contributed by atoms with Crippen molar-refractivity contribution in [1.82, 2.24) is 5.32 Å². The molecule has 1 unspecified atom stereocenters. The van der Waals surface area contributed by atoms with Crippen LogP contribution in [0.2, 0.25) is 36.3 Å². The lowest BCUT2D eigenvalue weighted by atomic mass is 9.44. The second-order valence-electron chi connectivity index (χ2n) is 23.5. The van der Waals surface area contributed by atoms with Crippen molar-refractivity contribution >= 4 is 52.2 Å². The van der Waals surface area contributed by atoms with Gasteiger partial charge in [0.2, 0.25) is 0 Å². The molecule has 3 aliphatic carbocycles. The van der Waals surface area contributed by atoms with E-state index in [1.807, 2.05) is 39.9 Å². The molecule has 3 fully saturated rings. The van der Waals surface area contributed by atoms with Crippen molar-refractivity contribution in [2.45, 2.75) is 186 Å². The summed E-state index contributed by atoms with van der Waals surface area (Å²) in [6.45, 7) is 25.1. The van der Waals surface area contributed by atoms with E-state index in [1.54, 1.807) is 113 Å². The predicted octanol–water partition coefficient (Wildman–Crippen LogP) is 9.79. The zero-order chi connectivity index (χ0) is 56.0. The molecule has 11 atom stereocenters. The molecule has 7 rings (SSSR count). The third-order valence-corrected chi connectivity index (χ3v) is 27.1. The van der Waals surface area contributed by atoms with Crippen LogP contribution >= 0.6 is 0 Å². The van der Waals surface area contributed by atoms with Gasteiger partial charge in [0.25, 0.3) is 5.91 Å². The average Bonchev–Trinajstić information content (AvgIpc) is 3.54. The molecule has 412 valence electrons. The van der Waals surface area contributed by atoms with Gasteiger partial charge >= 0.3 is 23.9 Å². The number of benzene rings is 3. The highest BCUT2D eigenvalue weighted by Crippen LogP contribution is 2.65. The minimum atomic E-state index is -2.94. The molecule has 2 saturated carbocycles. The number of rotatable bonds is 17. The Balaban J connectivity index is 1.49. The monoisotopic (exact) mass is 1080 g/mol. The molecule has 0 spiro atoms. The van der Waals surface area contributed by atoms with Crippen LogP contribution in [0.15, 0.2) is 102 Å². The zero-order valence-electron chi connectivity index (χ0n) is 46.8. The number of Topliss-reactive ketones (excluding diaryl/α,β-unsaturated/α-hetero) is 1. The van der Waals surface area contributed by atoms with Crippen molar-refractivity contribution in [3.05, 3.63) is 119 Å². The number of carbonyl (C=O) groups excluding carboxylic acids is 6. The number of ether oxygens (including phenoxy) is 5. The molecule has 2 bridgehead atoms. The first-order valence-electron chi connectivity index (χ1n) is 26.8. The molecule has 3 aromatic rings. The topological polar surface area (TPSA) is 199 Å². The van der Waals surface area contributed by atoms with E-state index in [2.05, 4.69) is 26.1 Å². The molecule has 2 N–H and O–H groups in total. The van der Waals surface area contributed by atoms with Crippen LogP contribution in [0.3, 0.4) is 0 Å². The van der Waals surface area contributed by atoms with Crippen molar-refractivity contribution in [2.24, 2.45) is 16.7 Å². The number of ketones is 1. The van der Waals surface area contributed by atoms with E-state index in [0.29, 0.717) is 34.8 Å². The van der Waals surface area contributed by atoms with Crippen molar-refractivity contribution in [3.8, 4) is 0 Å². The molecule has 1 aliphatic heterocycles. The van der Waals surface area contributed by atoms with Gasteiger partial charge in [0.15, 0.2) is 40.2 Å². The first kappa shape index (κ1) is 58.4. The lowest BCUT2D eigenvalue weighted by Gasteiger charge is -2.68. The first-order valence-corrected chi connectivity index (χ1v) is 32.2. The summed E-state index contributed by atoms with van der Waals surface area (Å²) in [5.41, 5.74) is -6.01. The van der Waals surface area contributed by atoms with E-state index in [9.17, 15) is 24.3 Å². The third-order valence-electron chi connectivity index (χ3n) is 18.0. The fourth-order valence-electron chi connectivity index (χ4n) is 12.2. The summed E-state index contributed by atoms with van der Waals surface area (Å²) in [5, 5.41) is 17.1. The summed E-state index contributed by atoms with van der Waals surface area (Å²) in [6, 6.07) is 26.8. The van der Waals surface area contributed by atoms with E-state index in [1.165, 1.54) is 13.8 Å². The maximum Gasteiger partial charge on any atom is 0.338 e. The van der Waals surface area contributed by atoms with E-state index in [-0.39, 0.29) is 24.2 Å². The Morgan fingerprint density at radius 1 is 0.803 bits per heavy atom. The van der Waals surface area contributed by atoms with Gasteiger partial charge in [0, 0.05) is 37.7 Å². The van der Waals surface area contributed by atoms with Gasteiger partial charge in [-0.15, -0.1) is 0 Å². The fourth-order valence-corrected chi connectivity index (χ4v) is 16.4. The molecule has 1 heterocycles. The Kier molecular flexibility index (Phi) is 16.8. The normalized spacial score (nSPS) is 28.9. The van der Waals surface area contributed by atoms with E-state index < -0.39 is 134 Å². The highest BCUT2D eigenvalue weighted by Gasteiger charge is 2.79. The number of hydrogen-bond acceptors (Lipinski definition) is 14. The summed E-state index contributed by atoms with van der Waals surface area (Å²) in [7, 11) is -5.59. The molecular weight excluding hydrogens is 1000 g/mol. The number of carbonyl (C=O) groups is 6. The molecular formula is C59H79NO14Si2. The largest absolute Gasteiger partial charge is 0.456 e. The summed E-state index contributed by atoms with van der Waals surface area (Å²) in [4.78, 5) is 88.6. The van der Waals surface area contributed by atoms with Crippen LogP contribution in [0.4, 0.5) is 0 Å². The van der Waals surface area contributed by atoms with Crippen LogP contribution in [0.25, 0.3) is 0 Å². The van der Waals surface area contributed by atoms with E-state index in [4.69, 9.17) is 32.5 Å². The maximum absolute atomic E-state index is 16.6. The summed E-state index contributed by atoms with van der Waals surface area (Å²) < 4.78 is 47.0. The predicted molar refractivity (Wildman–Crippen MR) is 290 cm³/mol. The molecule has 76 heavy (non-hydrogen) atoms. The number of amides is 1. The molecule has 3 aromatic carbocycles. The van der Waals surface area contributed by atoms with Gasteiger partial charge in [-0.2, -0.15) is 0 Å². The smallest absolute Gasteiger partial charge is 0.338 e. The third kappa shape index (κ3) is 10.4. The van der Waals surface area contributed by atoms with Crippen molar-refractivity contribution < 1.29 is 66.4 Å².